The summed E-state index contributed by atoms with van der Waals surface area (Å²) in [5, 5.41) is 11.8. The number of hydrogen-bond donors (Lipinski definition) is 2. The van der Waals surface area contributed by atoms with Gasteiger partial charge in [-0.3, -0.25) is 9.59 Å². The third-order valence-corrected chi connectivity index (χ3v) is 6.03. The van der Waals surface area contributed by atoms with Crippen LogP contribution >= 0.6 is 0 Å². The number of rotatable bonds is 4. The number of nitrogens with one attached hydrogen (secondary N) is 1. The topological polar surface area (TPSA) is 104 Å². The Labute approximate surface area is 135 Å². The highest BCUT2D eigenvalue weighted by Gasteiger charge is 2.39. The molecule has 7 nitrogen and oxygen atoms in total. The first kappa shape index (κ1) is 17.4. The van der Waals surface area contributed by atoms with Gasteiger partial charge < -0.3 is 10.4 Å². The van der Waals surface area contributed by atoms with E-state index in [1.807, 2.05) is 0 Å². The fourth-order valence-electron chi connectivity index (χ4n) is 2.83. The lowest BCUT2D eigenvalue weighted by Crippen LogP contribution is -2.48. The zero-order valence-electron chi connectivity index (χ0n) is 13.0. The predicted molar refractivity (Wildman–Crippen MR) is 84.5 cm³/mol. The van der Waals surface area contributed by atoms with Crippen molar-refractivity contribution in [1.29, 1.82) is 0 Å². The van der Waals surface area contributed by atoms with Crippen LogP contribution in [0.4, 0.5) is 5.69 Å². The Morgan fingerprint density at radius 1 is 1.26 bits per heavy atom. The van der Waals surface area contributed by atoms with Gasteiger partial charge in [-0.25, -0.2) is 8.42 Å². The number of carbonyl (C=O) groups is 2. The third-order valence-electron chi connectivity index (χ3n) is 4.03. The van der Waals surface area contributed by atoms with Crippen LogP contribution in [0.2, 0.25) is 0 Å². The van der Waals surface area contributed by atoms with Crippen LogP contribution in [0.25, 0.3) is 0 Å². The highest BCUT2D eigenvalue weighted by molar-refractivity contribution is 7.89. The van der Waals surface area contributed by atoms with Crippen molar-refractivity contribution in [2.75, 3.05) is 11.9 Å². The predicted octanol–water partition coefficient (Wildman–Crippen LogP) is 1.52. The van der Waals surface area contributed by atoms with Gasteiger partial charge in [-0.05, 0) is 44.0 Å². The zero-order chi connectivity index (χ0) is 17.2. The van der Waals surface area contributed by atoms with Gasteiger partial charge in [0.05, 0.1) is 10.8 Å². The van der Waals surface area contributed by atoms with E-state index in [9.17, 15) is 23.1 Å². The van der Waals surface area contributed by atoms with Crippen molar-refractivity contribution in [2.24, 2.45) is 5.92 Å². The van der Waals surface area contributed by atoms with E-state index < -0.39 is 28.0 Å². The molecule has 2 atom stereocenters. The van der Waals surface area contributed by atoms with Gasteiger partial charge in [-0.1, -0.05) is 0 Å². The molecule has 1 aliphatic rings. The zero-order valence-corrected chi connectivity index (χ0v) is 13.8. The Morgan fingerprint density at radius 3 is 2.39 bits per heavy atom. The lowest BCUT2D eigenvalue weighted by atomic mass is 9.92. The molecule has 1 saturated heterocycles. The van der Waals surface area contributed by atoms with Gasteiger partial charge in [0.25, 0.3) is 0 Å². The Bertz CT molecular complexity index is 699. The van der Waals surface area contributed by atoms with E-state index in [1.165, 1.54) is 35.5 Å². The molecule has 23 heavy (non-hydrogen) atoms. The summed E-state index contributed by atoms with van der Waals surface area (Å²) in [5.74, 6) is -1.91. The molecule has 1 aromatic rings. The van der Waals surface area contributed by atoms with Crippen LogP contribution in [-0.2, 0) is 19.6 Å². The summed E-state index contributed by atoms with van der Waals surface area (Å²) in [5.41, 5.74) is 0.506. The average molecular weight is 340 g/mol. The van der Waals surface area contributed by atoms with Crippen LogP contribution in [-0.4, -0.2) is 42.3 Å². The molecule has 1 amide bonds. The molecule has 1 heterocycles. The molecule has 0 aromatic heterocycles. The summed E-state index contributed by atoms with van der Waals surface area (Å²) >= 11 is 0. The number of benzene rings is 1. The second-order valence-corrected chi connectivity index (χ2v) is 7.54. The van der Waals surface area contributed by atoms with E-state index in [4.69, 9.17) is 0 Å². The number of nitrogens with zero attached hydrogens (tertiary/aromatic N) is 1. The Balaban J connectivity index is 2.26. The molecule has 0 bridgehead atoms. The van der Waals surface area contributed by atoms with Crippen LogP contribution in [0, 0.1) is 5.92 Å². The van der Waals surface area contributed by atoms with Crippen LogP contribution in [0.15, 0.2) is 29.2 Å². The number of amides is 1. The van der Waals surface area contributed by atoms with Crippen LogP contribution in [0.5, 0.6) is 0 Å². The monoisotopic (exact) mass is 340 g/mol. The maximum atomic E-state index is 12.7. The molecule has 0 saturated carbocycles. The normalized spacial score (nSPS) is 22.5. The number of hydrogen-bond acceptors (Lipinski definition) is 4. The molecule has 8 heteroatoms. The van der Waals surface area contributed by atoms with E-state index in [2.05, 4.69) is 5.32 Å². The number of carbonyl (C=O) groups excluding carboxylic acids is 1. The number of anilines is 1. The summed E-state index contributed by atoms with van der Waals surface area (Å²) < 4.78 is 26.7. The first-order valence-electron chi connectivity index (χ1n) is 7.36. The molecule has 0 aliphatic carbocycles. The molecular weight excluding hydrogens is 320 g/mol. The summed E-state index contributed by atoms with van der Waals surface area (Å²) in [6, 6.07) is 5.26. The SMILES string of the molecule is CC(=O)Nc1ccc(S(=O)(=O)N2CCC[C@@H](C(=O)O)[C@H]2C)cc1. The van der Waals surface area contributed by atoms with Gasteiger partial charge in [0.1, 0.15) is 0 Å². The van der Waals surface area contributed by atoms with Gasteiger partial charge >= 0.3 is 5.97 Å². The maximum absolute atomic E-state index is 12.7. The number of sulfonamides is 1. The van der Waals surface area contributed by atoms with Gasteiger partial charge in [-0.2, -0.15) is 4.31 Å². The second-order valence-electron chi connectivity index (χ2n) is 5.65. The molecule has 0 radical (unpaired) electrons. The largest absolute Gasteiger partial charge is 0.481 e. The van der Waals surface area contributed by atoms with Crippen molar-refractivity contribution in [2.45, 2.75) is 37.6 Å². The van der Waals surface area contributed by atoms with Gasteiger partial charge in [-0.15, -0.1) is 0 Å². The Morgan fingerprint density at radius 2 is 1.87 bits per heavy atom. The minimum Gasteiger partial charge on any atom is -0.481 e. The fraction of sp³-hybridized carbons (Fsp3) is 0.467. The van der Waals surface area contributed by atoms with Crippen molar-refractivity contribution >= 4 is 27.6 Å². The molecular formula is C15H20N2O5S. The van der Waals surface area contributed by atoms with Crippen molar-refractivity contribution < 1.29 is 23.1 Å². The summed E-state index contributed by atoms with van der Waals surface area (Å²) in [6.07, 6.45) is 0.995. The molecule has 1 aromatic carbocycles. The van der Waals surface area contributed by atoms with E-state index >= 15 is 0 Å². The summed E-state index contributed by atoms with van der Waals surface area (Å²) in [7, 11) is -3.77. The summed E-state index contributed by atoms with van der Waals surface area (Å²) in [6.45, 7) is 3.30. The minimum atomic E-state index is -3.77. The third kappa shape index (κ3) is 3.70. The Kier molecular flexibility index (Phi) is 5.06. The standard InChI is InChI=1S/C15H20N2O5S/c1-10-14(15(19)20)4-3-9-17(10)23(21,22)13-7-5-12(6-8-13)16-11(2)18/h5-8,10,14H,3-4,9H2,1-2H3,(H,16,18)(H,19,20)/t10-,14-/m1/s1. The van der Waals surface area contributed by atoms with E-state index in [1.54, 1.807) is 6.92 Å². The van der Waals surface area contributed by atoms with E-state index in [-0.39, 0.29) is 10.8 Å². The number of carboxylic acid groups (broad SMARTS) is 1. The molecule has 1 fully saturated rings. The lowest BCUT2D eigenvalue weighted by Gasteiger charge is -2.36. The molecule has 2 rings (SSSR count). The van der Waals surface area contributed by atoms with Crippen LogP contribution in [0.3, 0.4) is 0 Å². The van der Waals surface area contributed by atoms with Gasteiger partial charge in [0.15, 0.2) is 0 Å². The van der Waals surface area contributed by atoms with Gasteiger partial charge in [0, 0.05) is 25.2 Å². The molecule has 1 aliphatic heterocycles. The first-order valence-corrected chi connectivity index (χ1v) is 8.80. The highest BCUT2D eigenvalue weighted by Crippen LogP contribution is 2.29. The average Bonchev–Trinajstić information content (AvgIpc) is 2.46. The minimum absolute atomic E-state index is 0.0875. The summed E-state index contributed by atoms with van der Waals surface area (Å²) in [4.78, 5) is 22.3. The van der Waals surface area contributed by atoms with Crippen LogP contribution in [0.1, 0.15) is 26.7 Å². The highest BCUT2D eigenvalue weighted by atomic mass is 32.2. The Hall–Kier alpha value is -1.93. The van der Waals surface area contributed by atoms with Crippen LogP contribution < -0.4 is 5.32 Å². The van der Waals surface area contributed by atoms with Crippen molar-refractivity contribution in [3.8, 4) is 0 Å². The van der Waals surface area contributed by atoms with E-state index in [0.29, 0.717) is 25.1 Å². The first-order chi connectivity index (χ1) is 10.7. The second kappa shape index (κ2) is 6.67. The number of aliphatic carboxylic acids is 1. The quantitative estimate of drug-likeness (QED) is 0.865. The van der Waals surface area contributed by atoms with Crippen molar-refractivity contribution in [3.05, 3.63) is 24.3 Å². The number of carboxylic acids is 1. The van der Waals surface area contributed by atoms with Gasteiger partial charge in [0.2, 0.25) is 15.9 Å². The molecule has 126 valence electrons. The van der Waals surface area contributed by atoms with Crippen molar-refractivity contribution in [3.63, 3.8) is 0 Å². The molecule has 2 N–H and O–H groups in total. The van der Waals surface area contributed by atoms with Crippen molar-refractivity contribution in [1.82, 2.24) is 4.31 Å². The number of piperidine rings is 1. The lowest BCUT2D eigenvalue weighted by molar-refractivity contribution is -0.144. The fourth-order valence-corrected chi connectivity index (χ4v) is 4.54. The maximum Gasteiger partial charge on any atom is 0.308 e. The van der Waals surface area contributed by atoms with E-state index in [0.717, 1.165) is 0 Å². The molecule has 0 unspecified atom stereocenters. The smallest absolute Gasteiger partial charge is 0.308 e. The molecule has 0 spiro atoms.